The highest BCUT2D eigenvalue weighted by atomic mass is 14.3. The third-order valence-corrected chi connectivity index (χ3v) is 3.24. The minimum absolute atomic E-state index is 0.743. The van der Waals surface area contributed by atoms with Crippen molar-refractivity contribution in [1.82, 2.24) is 0 Å². The van der Waals surface area contributed by atoms with E-state index in [1.165, 1.54) is 17.5 Å². The molecule has 1 aliphatic carbocycles. The molecule has 0 radical (unpaired) electrons. The molecule has 0 heterocycles. The molecule has 2 rings (SSSR count). The van der Waals surface area contributed by atoms with Gasteiger partial charge in [-0.25, -0.2) is 0 Å². The molecule has 0 spiro atoms. The van der Waals surface area contributed by atoms with Crippen molar-refractivity contribution in [3.05, 3.63) is 34.9 Å². The molecule has 72 valence electrons. The van der Waals surface area contributed by atoms with Gasteiger partial charge in [-0.1, -0.05) is 19.9 Å². The Morgan fingerprint density at radius 3 is 2.64 bits per heavy atom. The Balaban J connectivity index is 2.28. The Kier molecular flexibility index (Phi) is 2.29. The number of fused-ring (bicyclic) bond motifs is 1. The lowest BCUT2D eigenvalue weighted by Gasteiger charge is -2.12. The van der Waals surface area contributed by atoms with Crippen molar-refractivity contribution in [2.75, 3.05) is 0 Å². The molecule has 1 aromatic carbocycles. The van der Waals surface area contributed by atoms with E-state index in [1.807, 2.05) is 6.07 Å². The fourth-order valence-electron chi connectivity index (χ4n) is 2.19. The van der Waals surface area contributed by atoms with Crippen LogP contribution in [0.25, 0.3) is 0 Å². The molecular formula is C13H15N. The maximum atomic E-state index is 8.79. The lowest BCUT2D eigenvalue weighted by molar-refractivity contribution is 0.404. The summed E-state index contributed by atoms with van der Waals surface area (Å²) in [5.41, 5.74) is 3.64. The van der Waals surface area contributed by atoms with Gasteiger partial charge in [0.05, 0.1) is 11.6 Å². The molecule has 0 aromatic heterocycles. The van der Waals surface area contributed by atoms with Crippen molar-refractivity contribution in [1.29, 1.82) is 5.26 Å². The Bertz CT molecular complexity index is 385. The Morgan fingerprint density at radius 1 is 1.29 bits per heavy atom. The van der Waals surface area contributed by atoms with Gasteiger partial charge in [0.2, 0.25) is 0 Å². The first-order chi connectivity index (χ1) is 6.70. The van der Waals surface area contributed by atoms with Crippen LogP contribution in [0.5, 0.6) is 0 Å². The van der Waals surface area contributed by atoms with Gasteiger partial charge in [-0.05, 0) is 47.9 Å². The molecule has 1 aliphatic rings. The average Bonchev–Trinajstić information content (AvgIpc) is 2.59. The Labute approximate surface area is 85.4 Å². The van der Waals surface area contributed by atoms with Crippen molar-refractivity contribution in [2.45, 2.75) is 26.7 Å². The molecule has 14 heavy (non-hydrogen) atoms. The van der Waals surface area contributed by atoms with Gasteiger partial charge in [-0.15, -0.1) is 0 Å². The maximum absolute atomic E-state index is 8.79. The SMILES string of the molecule is CC(C)C1Cc2ccc(C#N)cc2C1. The molecule has 1 atom stereocenters. The molecule has 1 nitrogen and oxygen atoms in total. The van der Waals surface area contributed by atoms with Crippen molar-refractivity contribution in [2.24, 2.45) is 11.8 Å². The van der Waals surface area contributed by atoms with E-state index in [4.69, 9.17) is 5.26 Å². The van der Waals surface area contributed by atoms with Crippen LogP contribution in [0.3, 0.4) is 0 Å². The van der Waals surface area contributed by atoms with Crippen molar-refractivity contribution in [3.63, 3.8) is 0 Å². The fraction of sp³-hybridized carbons (Fsp3) is 0.462. The van der Waals surface area contributed by atoms with E-state index < -0.39 is 0 Å². The van der Waals surface area contributed by atoms with Crippen LogP contribution in [0.15, 0.2) is 18.2 Å². The molecule has 0 bridgehead atoms. The molecule has 0 fully saturated rings. The van der Waals surface area contributed by atoms with Crippen LogP contribution in [-0.4, -0.2) is 0 Å². The number of hydrogen-bond donors (Lipinski definition) is 0. The number of benzene rings is 1. The highest BCUT2D eigenvalue weighted by Crippen LogP contribution is 2.31. The summed E-state index contributed by atoms with van der Waals surface area (Å²) in [6.45, 7) is 4.56. The van der Waals surface area contributed by atoms with E-state index >= 15 is 0 Å². The second-order valence-corrected chi connectivity index (χ2v) is 4.51. The zero-order valence-electron chi connectivity index (χ0n) is 8.75. The molecular weight excluding hydrogens is 170 g/mol. The van der Waals surface area contributed by atoms with E-state index in [0.29, 0.717) is 0 Å². The van der Waals surface area contributed by atoms with E-state index in [-0.39, 0.29) is 0 Å². The molecule has 0 saturated carbocycles. The van der Waals surface area contributed by atoms with Crippen LogP contribution in [-0.2, 0) is 12.8 Å². The fourth-order valence-corrected chi connectivity index (χ4v) is 2.19. The molecule has 1 unspecified atom stereocenters. The molecule has 0 N–H and O–H groups in total. The zero-order chi connectivity index (χ0) is 10.1. The summed E-state index contributed by atoms with van der Waals surface area (Å²) in [5.74, 6) is 1.52. The summed E-state index contributed by atoms with van der Waals surface area (Å²) in [6, 6.07) is 8.31. The van der Waals surface area contributed by atoms with Gasteiger partial charge in [0.15, 0.2) is 0 Å². The predicted molar refractivity (Wildman–Crippen MR) is 56.9 cm³/mol. The lowest BCUT2D eigenvalue weighted by atomic mass is 9.93. The summed E-state index contributed by atoms with van der Waals surface area (Å²) in [7, 11) is 0. The first-order valence-corrected chi connectivity index (χ1v) is 5.22. The predicted octanol–water partition coefficient (Wildman–Crippen LogP) is 2.93. The Morgan fingerprint density at radius 2 is 2.00 bits per heavy atom. The minimum Gasteiger partial charge on any atom is -0.192 e. The summed E-state index contributed by atoms with van der Waals surface area (Å²) in [4.78, 5) is 0. The van der Waals surface area contributed by atoms with E-state index in [0.717, 1.165) is 23.8 Å². The van der Waals surface area contributed by atoms with Crippen LogP contribution in [0.2, 0.25) is 0 Å². The summed E-state index contributed by atoms with van der Waals surface area (Å²) in [5, 5.41) is 8.79. The average molecular weight is 185 g/mol. The highest BCUT2D eigenvalue weighted by Gasteiger charge is 2.23. The molecule has 0 saturated heterocycles. The van der Waals surface area contributed by atoms with Crippen LogP contribution in [0, 0.1) is 23.2 Å². The first-order valence-electron chi connectivity index (χ1n) is 5.22. The van der Waals surface area contributed by atoms with Crippen molar-refractivity contribution in [3.8, 4) is 6.07 Å². The number of nitrogens with zero attached hydrogens (tertiary/aromatic N) is 1. The number of nitriles is 1. The van der Waals surface area contributed by atoms with E-state index in [2.05, 4.69) is 32.0 Å². The van der Waals surface area contributed by atoms with Crippen molar-refractivity contribution < 1.29 is 0 Å². The normalized spacial score (nSPS) is 19.4. The van der Waals surface area contributed by atoms with Gasteiger partial charge in [0.25, 0.3) is 0 Å². The van der Waals surface area contributed by atoms with Gasteiger partial charge < -0.3 is 0 Å². The van der Waals surface area contributed by atoms with Crippen LogP contribution >= 0.6 is 0 Å². The second-order valence-electron chi connectivity index (χ2n) is 4.51. The monoisotopic (exact) mass is 185 g/mol. The molecule has 0 amide bonds. The van der Waals surface area contributed by atoms with Gasteiger partial charge in [0.1, 0.15) is 0 Å². The highest BCUT2D eigenvalue weighted by molar-refractivity contribution is 5.41. The summed E-state index contributed by atoms with van der Waals surface area (Å²) >= 11 is 0. The van der Waals surface area contributed by atoms with Crippen LogP contribution in [0.4, 0.5) is 0 Å². The van der Waals surface area contributed by atoms with Crippen molar-refractivity contribution >= 4 is 0 Å². The minimum atomic E-state index is 0.743. The quantitative estimate of drug-likeness (QED) is 0.660. The largest absolute Gasteiger partial charge is 0.192 e. The van der Waals surface area contributed by atoms with Gasteiger partial charge in [-0.2, -0.15) is 5.26 Å². The van der Waals surface area contributed by atoms with E-state index in [1.54, 1.807) is 0 Å². The summed E-state index contributed by atoms with van der Waals surface area (Å²) < 4.78 is 0. The smallest absolute Gasteiger partial charge is 0.0991 e. The molecule has 1 heteroatoms. The van der Waals surface area contributed by atoms with E-state index in [9.17, 15) is 0 Å². The lowest BCUT2D eigenvalue weighted by Crippen LogP contribution is -2.07. The third kappa shape index (κ3) is 1.53. The van der Waals surface area contributed by atoms with Crippen LogP contribution < -0.4 is 0 Å². The Hall–Kier alpha value is -1.29. The first kappa shape index (κ1) is 9.27. The third-order valence-electron chi connectivity index (χ3n) is 3.24. The maximum Gasteiger partial charge on any atom is 0.0991 e. The summed E-state index contributed by atoms with van der Waals surface area (Å²) in [6.07, 6.45) is 2.35. The molecule has 0 aliphatic heterocycles. The van der Waals surface area contributed by atoms with Gasteiger partial charge in [-0.3, -0.25) is 0 Å². The second kappa shape index (κ2) is 3.46. The topological polar surface area (TPSA) is 23.8 Å². The van der Waals surface area contributed by atoms with Crippen LogP contribution in [0.1, 0.15) is 30.5 Å². The number of rotatable bonds is 1. The van der Waals surface area contributed by atoms with Gasteiger partial charge in [0, 0.05) is 0 Å². The zero-order valence-corrected chi connectivity index (χ0v) is 8.75. The molecule has 1 aromatic rings. The standard InChI is InChI=1S/C13H15N/c1-9(2)12-6-11-4-3-10(8-14)5-13(11)7-12/h3-5,9,12H,6-7H2,1-2H3. The number of hydrogen-bond acceptors (Lipinski definition) is 1. The van der Waals surface area contributed by atoms with Gasteiger partial charge >= 0.3 is 0 Å².